The number of rotatable bonds is 3. The van der Waals surface area contributed by atoms with Gasteiger partial charge in [-0.05, 0) is 41.8 Å². The van der Waals surface area contributed by atoms with E-state index in [2.05, 4.69) is 11.4 Å². The van der Waals surface area contributed by atoms with Crippen LogP contribution in [0, 0.1) is 0 Å². The van der Waals surface area contributed by atoms with Crippen LogP contribution in [0.3, 0.4) is 0 Å². The van der Waals surface area contributed by atoms with Crippen LogP contribution >= 0.6 is 0 Å². The van der Waals surface area contributed by atoms with Crippen molar-refractivity contribution in [1.29, 1.82) is 0 Å². The Bertz CT molecular complexity index is 1310. The van der Waals surface area contributed by atoms with E-state index < -0.39 is 0 Å². The first kappa shape index (κ1) is 16.3. The fraction of sp³-hybridized carbons (Fsp3) is 0. The van der Waals surface area contributed by atoms with E-state index in [1.807, 2.05) is 72.8 Å². The highest BCUT2D eigenvalue weighted by Gasteiger charge is 2.12. The maximum Gasteiger partial charge on any atom is 0.255 e. The van der Waals surface area contributed by atoms with E-state index in [0.717, 1.165) is 27.4 Å². The van der Waals surface area contributed by atoms with Crippen LogP contribution in [0.15, 0.2) is 95.4 Å². The number of nitrogens with one attached hydrogen (secondary N) is 1. The van der Waals surface area contributed by atoms with Gasteiger partial charge in [0.05, 0.1) is 0 Å². The number of fused-ring (bicyclic) bond motifs is 3. The first-order chi connectivity index (χ1) is 13.8. The summed E-state index contributed by atoms with van der Waals surface area (Å²) in [5.41, 5.74) is 3.70. The maximum absolute atomic E-state index is 12.4. The van der Waals surface area contributed by atoms with Gasteiger partial charge in [0, 0.05) is 22.2 Å². The van der Waals surface area contributed by atoms with Crippen molar-refractivity contribution < 1.29 is 9.21 Å². The molecule has 0 atom stereocenters. The first-order valence-corrected chi connectivity index (χ1v) is 9.03. The lowest BCUT2D eigenvalue weighted by Crippen LogP contribution is -2.11. The molecule has 0 spiro atoms. The Balaban J connectivity index is 1.51. The van der Waals surface area contributed by atoms with Crippen LogP contribution in [0.1, 0.15) is 10.4 Å². The average molecular weight is 364 g/mol. The van der Waals surface area contributed by atoms with Gasteiger partial charge in [0.2, 0.25) is 5.89 Å². The molecule has 1 amide bonds. The highest BCUT2D eigenvalue weighted by atomic mass is 16.3. The second-order valence-electron chi connectivity index (χ2n) is 6.55. The molecule has 0 saturated carbocycles. The molecule has 28 heavy (non-hydrogen) atoms. The molecule has 4 nitrogen and oxygen atoms in total. The van der Waals surface area contributed by atoms with Gasteiger partial charge >= 0.3 is 0 Å². The number of nitrogens with zero attached hydrogens (tertiary/aromatic N) is 1. The Hall–Kier alpha value is -3.92. The molecule has 0 bridgehead atoms. The van der Waals surface area contributed by atoms with Gasteiger partial charge in [-0.1, -0.05) is 54.6 Å². The van der Waals surface area contributed by atoms with Crippen molar-refractivity contribution in [2.75, 3.05) is 5.32 Å². The third kappa shape index (κ3) is 2.91. The Morgan fingerprint density at radius 3 is 2.54 bits per heavy atom. The van der Waals surface area contributed by atoms with Gasteiger partial charge in [0.25, 0.3) is 5.91 Å². The Kier molecular flexibility index (Phi) is 3.87. The lowest BCUT2D eigenvalue weighted by Gasteiger charge is -2.06. The summed E-state index contributed by atoms with van der Waals surface area (Å²) in [6, 6.07) is 28.7. The summed E-state index contributed by atoms with van der Waals surface area (Å²) < 4.78 is 5.98. The predicted octanol–water partition coefficient (Wildman–Crippen LogP) is 5.90. The molecule has 0 fully saturated rings. The van der Waals surface area contributed by atoms with Gasteiger partial charge in [0.1, 0.15) is 5.52 Å². The monoisotopic (exact) mass is 364 g/mol. The van der Waals surface area contributed by atoms with Crippen molar-refractivity contribution in [1.82, 2.24) is 4.98 Å². The Morgan fingerprint density at radius 1 is 0.821 bits per heavy atom. The van der Waals surface area contributed by atoms with E-state index in [1.165, 1.54) is 0 Å². The molecule has 0 unspecified atom stereocenters. The van der Waals surface area contributed by atoms with Gasteiger partial charge in [-0.2, -0.15) is 0 Å². The lowest BCUT2D eigenvalue weighted by molar-refractivity contribution is 0.102. The molecule has 1 heterocycles. The minimum atomic E-state index is -0.152. The molecule has 4 aromatic carbocycles. The van der Waals surface area contributed by atoms with Crippen molar-refractivity contribution in [3.63, 3.8) is 0 Å². The van der Waals surface area contributed by atoms with E-state index in [1.54, 1.807) is 12.1 Å². The van der Waals surface area contributed by atoms with E-state index in [-0.39, 0.29) is 5.91 Å². The molecule has 1 aromatic heterocycles. The molecule has 0 saturated heterocycles. The molecule has 0 aliphatic carbocycles. The number of hydrogen-bond acceptors (Lipinski definition) is 3. The SMILES string of the molecule is O=C(Nc1cccc(-c2nc3c(ccc4ccccc43)o2)c1)c1ccccc1. The number of amides is 1. The number of oxazole rings is 1. The molecule has 134 valence electrons. The van der Waals surface area contributed by atoms with Crippen LogP contribution in [0.25, 0.3) is 33.3 Å². The number of anilines is 1. The molecule has 0 radical (unpaired) electrons. The molecule has 5 aromatic rings. The summed E-state index contributed by atoms with van der Waals surface area (Å²) in [6.45, 7) is 0. The quantitative estimate of drug-likeness (QED) is 0.433. The normalized spacial score (nSPS) is 11.0. The standard InChI is InChI=1S/C24H16N2O2/c27-23(17-8-2-1-3-9-17)25-19-11-6-10-18(15-19)24-26-22-20-12-5-4-7-16(20)13-14-21(22)28-24/h1-15H,(H,25,27). The van der Waals surface area contributed by atoms with Crippen LogP contribution in [-0.2, 0) is 0 Å². The molecular formula is C24H16N2O2. The number of carbonyl (C=O) groups is 1. The minimum absolute atomic E-state index is 0.152. The lowest BCUT2D eigenvalue weighted by atomic mass is 10.1. The Labute approximate surface area is 161 Å². The van der Waals surface area contributed by atoms with E-state index in [4.69, 9.17) is 9.40 Å². The molecule has 4 heteroatoms. The summed E-state index contributed by atoms with van der Waals surface area (Å²) >= 11 is 0. The van der Waals surface area contributed by atoms with Crippen LogP contribution in [0.4, 0.5) is 5.69 Å². The fourth-order valence-corrected chi connectivity index (χ4v) is 3.31. The fourth-order valence-electron chi connectivity index (χ4n) is 3.31. The Morgan fingerprint density at radius 2 is 1.64 bits per heavy atom. The zero-order valence-electron chi connectivity index (χ0n) is 14.9. The van der Waals surface area contributed by atoms with Crippen molar-refractivity contribution in [3.05, 3.63) is 96.6 Å². The maximum atomic E-state index is 12.4. The van der Waals surface area contributed by atoms with Crippen molar-refractivity contribution in [2.45, 2.75) is 0 Å². The number of aromatic nitrogens is 1. The second-order valence-corrected chi connectivity index (χ2v) is 6.55. The van der Waals surface area contributed by atoms with Crippen LogP contribution in [0.2, 0.25) is 0 Å². The first-order valence-electron chi connectivity index (χ1n) is 9.03. The molecule has 0 aliphatic heterocycles. The minimum Gasteiger partial charge on any atom is -0.436 e. The summed E-state index contributed by atoms with van der Waals surface area (Å²) in [7, 11) is 0. The zero-order chi connectivity index (χ0) is 18.9. The van der Waals surface area contributed by atoms with Crippen LogP contribution in [-0.4, -0.2) is 10.9 Å². The van der Waals surface area contributed by atoms with Crippen molar-refractivity contribution in [3.8, 4) is 11.5 Å². The van der Waals surface area contributed by atoms with Crippen LogP contribution in [0.5, 0.6) is 0 Å². The highest BCUT2D eigenvalue weighted by Crippen LogP contribution is 2.30. The van der Waals surface area contributed by atoms with Gasteiger partial charge in [0.15, 0.2) is 5.58 Å². The molecular weight excluding hydrogens is 348 g/mol. The average Bonchev–Trinajstić information content (AvgIpc) is 3.20. The van der Waals surface area contributed by atoms with Gasteiger partial charge < -0.3 is 9.73 Å². The van der Waals surface area contributed by atoms with Gasteiger partial charge in [-0.25, -0.2) is 4.98 Å². The molecule has 1 N–H and O–H groups in total. The summed E-state index contributed by atoms with van der Waals surface area (Å²) in [5.74, 6) is 0.378. The second kappa shape index (κ2) is 6.67. The van der Waals surface area contributed by atoms with E-state index in [0.29, 0.717) is 17.1 Å². The van der Waals surface area contributed by atoms with Crippen molar-refractivity contribution >= 4 is 33.5 Å². The van der Waals surface area contributed by atoms with Crippen LogP contribution < -0.4 is 5.32 Å². The zero-order valence-corrected chi connectivity index (χ0v) is 14.9. The highest BCUT2D eigenvalue weighted by molar-refractivity contribution is 6.05. The number of carbonyl (C=O) groups excluding carboxylic acids is 1. The van der Waals surface area contributed by atoms with E-state index in [9.17, 15) is 4.79 Å². The number of benzene rings is 4. The van der Waals surface area contributed by atoms with Gasteiger partial charge in [-0.15, -0.1) is 0 Å². The largest absolute Gasteiger partial charge is 0.436 e. The summed E-state index contributed by atoms with van der Waals surface area (Å²) in [5, 5.41) is 5.11. The number of hydrogen-bond donors (Lipinski definition) is 1. The molecule has 5 rings (SSSR count). The third-order valence-corrected chi connectivity index (χ3v) is 4.69. The van der Waals surface area contributed by atoms with Crippen molar-refractivity contribution in [2.24, 2.45) is 0 Å². The molecule has 0 aliphatic rings. The smallest absolute Gasteiger partial charge is 0.255 e. The van der Waals surface area contributed by atoms with E-state index >= 15 is 0 Å². The topological polar surface area (TPSA) is 55.1 Å². The predicted molar refractivity (Wildman–Crippen MR) is 111 cm³/mol. The summed E-state index contributed by atoms with van der Waals surface area (Å²) in [4.78, 5) is 17.1. The third-order valence-electron chi connectivity index (χ3n) is 4.69. The van der Waals surface area contributed by atoms with Gasteiger partial charge in [-0.3, -0.25) is 4.79 Å². The summed E-state index contributed by atoms with van der Waals surface area (Å²) in [6.07, 6.45) is 0.